The molecule has 2 aromatic rings. The molecule has 1 amide bonds. The number of carbonyl (C=O) groups excluding carboxylic acids is 1. The summed E-state index contributed by atoms with van der Waals surface area (Å²) in [7, 11) is -4.01. The molecular weight excluding hydrogens is 440 g/mol. The number of halogens is 5. The summed E-state index contributed by atoms with van der Waals surface area (Å²) in [5.41, 5.74) is -0.742. The topological polar surface area (TPSA) is 66.5 Å². The van der Waals surface area contributed by atoms with Crippen LogP contribution in [-0.2, 0) is 27.5 Å². The SMILES string of the molecule is CS(=O)(=O)N(CC(=O)NCc1ccc(Cl)cc1Cl)c1cccc(C(F)(F)F)c1. The van der Waals surface area contributed by atoms with Gasteiger partial charge in [-0.05, 0) is 35.9 Å². The molecule has 5 nitrogen and oxygen atoms in total. The van der Waals surface area contributed by atoms with Crippen LogP contribution in [0.2, 0.25) is 10.0 Å². The van der Waals surface area contributed by atoms with Crippen LogP contribution in [0.1, 0.15) is 11.1 Å². The molecule has 0 aliphatic heterocycles. The first-order valence-corrected chi connectivity index (χ1v) is 10.3. The second-order valence-corrected chi connectivity index (χ2v) is 8.58. The molecule has 0 unspecified atom stereocenters. The second kappa shape index (κ2) is 8.59. The highest BCUT2D eigenvalue weighted by atomic mass is 35.5. The average Bonchev–Trinajstić information content (AvgIpc) is 2.57. The summed E-state index contributed by atoms with van der Waals surface area (Å²) in [6, 6.07) is 8.38. The van der Waals surface area contributed by atoms with Crippen molar-refractivity contribution in [1.82, 2.24) is 5.32 Å². The van der Waals surface area contributed by atoms with Crippen molar-refractivity contribution in [1.29, 1.82) is 0 Å². The van der Waals surface area contributed by atoms with Gasteiger partial charge in [0.25, 0.3) is 0 Å². The van der Waals surface area contributed by atoms with Gasteiger partial charge in [0.05, 0.1) is 17.5 Å². The number of amides is 1. The lowest BCUT2D eigenvalue weighted by molar-refractivity contribution is -0.137. The second-order valence-electron chi connectivity index (χ2n) is 5.83. The molecule has 28 heavy (non-hydrogen) atoms. The normalized spacial score (nSPS) is 11.9. The number of anilines is 1. The highest BCUT2D eigenvalue weighted by Crippen LogP contribution is 2.32. The number of nitrogens with zero attached hydrogens (tertiary/aromatic N) is 1. The van der Waals surface area contributed by atoms with Crippen LogP contribution in [-0.4, -0.2) is 27.1 Å². The van der Waals surface area contributed by atoms with Gasteiger partial charge in [-0.25, -0.2) is 8.42 Å². The lowest BCUT2D eigenvalue weighted by atomic mass is 10.2. The molecule has 0 atom stereocenters. The molecule has 0 saturated carbocycles. The maximum absolute atomic E-state index is 12.9. The summed E-state index contributed by atoms with van der Waals surface area (Å²) in [6.45, 7) is -0.694. The molecule has 0 aliphatic carbocycles. The molecule has 0 aliphatic rings. The van der Waals surface area contributed by atoms with Crippen molar-refractivity contribution < 1.29 is 26.4 Å². The summed E-state index contributed by atoms with van der Waals surface area (Å²) >= 11 is 11.8. The van der Waals surface area contributed by atoms with Crippen LogP contribution >= 0.6 is 23.2 Å². The van der Waals surface area contributed by atoms with Gasteiger partial charge < -0.3 is 5.32 Å². The number of hydrogen-bond acceptors (Lipinski definition) is 3. The van der Waals surface area contributed by atoms with Crippen LogP contribution in [0.25, 0.3) is 0 Å². The van der Waals surface area contributed by atoms with E-state index in [1.54, 1.807) is 12.1 Å². The van der Waals surface area contributed by atoms with Crippen molar-refractivity contribution in [3.05, 3.63) is 63.6 Å². The average molecular weight is 455 g/mol. The van der Waals surface area contributed by atoms with Crippen LogP contribution in [0.5, 0.6) is 0 Å². The third-order valence-corrected chi connectivity index (χ3v) is 5.37. The zero-order valence-corrected chi connectivity index (χ0v) is 16.8. The van der Waals surface area contributed by atoms with Crippen molar-refractivity contribution in [2.24, 2.45) is 0 Å². The Morgan fingerprint density at radius 3 is 2.39 bits per heavy atom. The van der Waals surface area contributed by atoms with Gasteiger partial charge in [0, 0.05) is 16.6 Å². The van der Waals surface area contributed by atoms with E-state index in [1.165, 1.54) is 12.1 Å². The minimum Gasteiger partial charge on any atom is -0.350 e. The number of benzene rings is 2. The van der Waals surface area contributed by atoms with Crippen LogP contribution < -0.4 is 9.62 Å². The predicted molar refractivity (Wildman–Crippen MR) is 102 cm³/mol. The molecule has 2 aromatic carbocycles. The highest BCUT2D eigenvalue weighted by Gasteiger charge is 2.32. The fraction of sp³-hybridized carbons (Fsp3) is 0.235. The summed E-state index contributed by atoms with van der Waals surface area (Å²) in [4.78, 5) is 12.2. The molecule has 0 radical (unpaired) electrons. The minimum atomic E-state index is -4.65. The molecule has 0 spiro atoms. The van der Waals surface area contributed by atoms with E-state index in [-0.39, 0.29) is 12.2 Å². The Labute approximate surface area is 170 Å². The van der Waals surface area contributed by atoms with E-state index < -0.39 is 34.2 Å². The fourth-order valence-corrected chi connectivity index (χ4v) is 3.61. The Hall–Kier alpha value is -1.97. The van der Waals surface area contributed by atoms with E-state index in [0.717, 1.165) is 18.4 Å². The molecule has 0 saturated heterocycles. The van der Waals surface area contributed by atoms with Gasteiger partial charge in [0.15, 0.2) is 0 Å². The maximum Gasteiger partial charge on any atom is 0.416 e. The molecule has 11 heteroatoms. The van der Waals surface area contributed by atoms with Gasteiger partial charge in [-0.1, -0.05) is 35.3 Å². The maximum atomic E-state index is 12.9. The monoisotopic (exact) mass is 454 g/mol. The smallest absolute Gasteiger partial charge is 0.350 e. The van der Waals surface area contributed by atoms with E-state index in [9.17, 15) is 26.4 Å². The van der Waals surface area contributed by atoms with E-state index in [1.807, 2.05) is 0 Å². The van der Waals surface area contributed by atoms with Gasteiger partial charge in [0.2, 0.25) is 15.9 Å². The van der Waals surface area contributed by atoms with Crippen molar-refractivity contribution >= 4 is 44.8 Å². The largest absolute Gasteiger partial charge is 0.416 e. The van der Waals surface area contributed by atoms with Gasteiger partial charge >= 0.3 is 6.18 Å². The highest BCUT2D eigenvalue weighted by molar-refractivity contribution is 7.92. The molecular formula is C17H15Cl2F3N2O3S. The first-order valence-electron chi connectivity index (χ1n) is 7.73. The summed E-state index contributed by atoms with van der Waals surface area (Å²) < 4.78 is 63.3. The zero-order chi connectivity index (χ0) is 21.1. The van der Waals surface area contributed by atoms with Crippen LogP contribution in [0.4, 0.5) is 18.9 Å². The Morgan fingerprint density at radius 2 is 1.82 bits per heavy atom. The lowest BCUT2D eigenvalue weighted by Crippen LogP contribution is -2.40. The molecule has 2 rings (SSSR count). The van der Waals surface area contributed by atoms with Gasteiger partial charge in [-0.15, -0.1) is 0 Å². The van der Waals surface area contributed by atoms with Crippen molar-refractivity contribution in [3.8, 4) is 0 Å². The lowest BCUT2D eigenvalue weighted by Gasteiger charge is -2.23. The number of nitrogens with one attached hydrogen (secondary N) is 1. The first-order chi connectivity index (χ1) is 12.9. The fourth-order valence-electron chi connectivity index (χ4n) is 2.28. The number of hydrogen-bond donors (Lipinski definition) is 1. The Bertz CT molecular complexity index is 982. The van der Waals surface area contributed by atoms with E-state index in [2.05, 4.69) is 5.32 Å². The quantitative estimate of drug-likeness (QED) is 0.714. The van der Waals surface area contributed by atoms with Gasteiger partial charge in [-0.3, -0.25) is 9.10 Å². The molecule has 152 valence electrons. The van der Waals surface area contributed by atoms with Crippen LogP contribution in [0, 0.1) is 0 Å². The van der Waals surface area contributed by atoms with E-state index in [0.29, 0.717) is 26.0 Å². The van der Waals surface area contributed by atoms with E-state index in [4.69, 9.17) is 23.2 Å². The van der Waals surface area contributed by atoms with Crippen molar-refractivity contribution in [3.63, 3.8) is 0 Å². The molecule has 0 heterocycles. The van der Waals surface area contributed by atoms with Gasteiger partial charge in [0.1, 0.15) is 6.54 Å². The van der Waals surface area contributed by atoms with Crippen LogP contribution in [0.15, 0.2) is 42.5 Å². The molecule has 1 N–H and O–H groups in total. The van der Waals surface area contributed by atoms with E-state index >= 15 is 0 Å². The molecule has 0 aromatic heterocycles. The van der Waals surface area contributed by atoms with Crippen molar-refractivity contribution in [2.75, 3.05) is 17.1 Å². The zero-order valence-electron chi connectivity index (χ0n) is 14.4. The standard InChI is InChI=1S/C17H15Cl2F3N2O3S/c1-28(26,27)24(14-4-2-3-12(7-14)17(20,21)22)10-16(25)23-9-11-5-6-13(18)8-15(11)19/h2-8H,9-10H2,1H3,(H,23,25). The van der Waals surface area contributed by atoms with Crippen molar-refractivity contribution in [2.45, 2.75) is 12.7 Å². The predicted octanol–water partition coefficient (Wildman–Crippen LogP) is 4.09. The third kappa shape index (κ3) is 6.02. The molecule has 0 bridgehead atoms. The Balaban J connectivity index is 2.18. The Kier molecular flexibility index (Phi) is 6.84. The number of sulfonamides is 1. The first kappa shape index (κ1) is 22.3. The summed E-state index contributed by atoms with van der Waals surface area (Å²) in [6.07, 6.45) is -3.84. The van der Waals surface area contributed by atoms with Gasteiger partial charge in [-0.2, -0.15) is 13.2 Å². The van der Waals surface area contributed by atoms with Crippen LogP contribution in [0.3, 0.4) is 0 Å². The number of alkyl halides is 3. The minimum absolute atomic E-state index is 0.00493. The third-order valence-electron chi connectivity index (χ3n) is 3.64. The summed E-state index contributed by atoms with van der Waals surface area (Å²) in [5.74, 6) is -0.714. The molecule has 0 fully saturated rings. The number of rotatable bonds is 6. The Morgan fingerprint density at radius 1 is 1.14 bits per heavy atom. The number of carbonyl (C=O) groups is 1. The summed E-state index contributed by atoms with van der Waals surface area (Å²) in [5, 5.41) is 3.20.